The van der Waals surface area contributed by atoms with E-state index in [-0.39, 0.29) is 17.7 Å². The van der Waals surface area contributed by atoms with Crippen molar-refractivity contribution in [2.45, 2.75) is 23.8 Å². The summed E-state index contributed by atoms with van der Waals surface area (Å²) in [6.45, 7) is 1.81. The van der Waals surface area contributed by atoms with Gasteiger partial charge in [-0.15, -0.1) is 0 Å². The third-order valence-electron chi connectivity index (χ3n) is 5.73. The molecule has 0 spiro atoms. The van der Waals surface area contributed by atoms with E-state index in [0.717, 1.165) is 37.7 Å². The average Bonchev–Trinajstić information content (AvgIpc) is 2.85. The quantitative estimate of drug-likeness (QED) is 0.517. The first kappa shape index (κ1) is 23.7. The summed E-state index contributed by atoms with van der Waals surface area (Å²) in [4.78, 5) is 14.4. The number of benzene rings is 3. The lowest BCUT2D eigenvalue weighted by molar-refractivity contribution is 0.0893. The van der Waals surface area contributed by atoms with Crippen LogP contribution in [0.15, 0.2) is 77.7 Å². The van der Waals surface area contributed by atoms with Crippen LogP contribution in [0.3, 0.4) is 0 Å². The van der Waals surface area contributed by atoms with E-state index in [9.17, 15) is 17.6 Å². The Kier molecular flexibility index (Phi) is 7.14. The van der Waals surface area contributed by atoms with Gasteiger partial charge in [0.25, 0.3) is 15.9 Å². The van der Waals surface area contributed by atoms with Crippen LogP contribution in [0.2, 0.25) is 0 Å². The van der Waals surface area contributed by atoms with Crippen LogP contribution in [0, 0.1) is 5.82 Å². The highest BCUT2D eigenvalue weighted by Crippen LogP contribution is 2.24. The molecule has 0 aliphatic carbocycles. The normalized spacial score (nSPS) is 16.2. The molecule has 1 aliphatic rings. The van der Waals surface area contributed by atoms with E-state index in [0.29, 0.717) is 11.3 Å². The number of rotatable bonds is 7. The van der Waals surface area contributed by atoms with Crippen LogP contribution >= 0.6 is 0 Å². The number of carbonyl (C=O) groups excluding carboxylic acids is 1. The molecule has 4 rings (SSSR count). The van der Waals surface area contributed by atoms with E-state index in [1.807, 2.05) is 24.3 Å². The Labute approximate surface area is 198 Å². The minimum Gasteiger partial charge on any atom is -0.380 e. The first-order chi connectivity index (χ1) is 16.4. The van der Waals surface area contributed by atoms with Crippen LogP contribution in [0.1, 0.15) is 23.2 Å². The molecule has 3 aromatic carbocycles. The molecule has 0 saturated carbocycles. The van der Waals surface area contributed by atoms with Crippen molar-refractivity contribution in [1.82, 2.24) is 0 Å². The Morgan fingerprint density at radius 3 is 2.35 bits per heavy atom. The largest absolute Gasteiger partial charge is 0.380 e. The van der Waals surface area contributed by atoms with Crippen molar-refractivity contribution >= 4 is 33.0 Å². The highest BCUT2D eigenvalue weighted by atomic mass is 32.2. The second kappa shape index (κ2) is 10.2. The van der Waals surface area contributed by atoms with Gasteiger partial charge in [-0.1, -0.05) is 12.1 Å². The van der Waals surface area contributed by atoms with E-state index in [4.69, 9.17) is 4.74 Å². The molecule has 0 bridgehead atoms. The molecule has 1 fully saturated rings. The maximum Gasteiger partial charge on any atom is 0.264 e. The lowest BCUT2D eigenvalue weighted by atomic mass is 10.1. The number of amides is 1. The summed E-state index contributed by atoms with van der Waals surface area (Å²) in [5.74, 6) is -1.16. The molecule has 178 valence electrons. The van der Waals surface area contributed by atoms with Crippen molar-refractivity contribution in [3.05, 3.63) is 84.2 Å². The smallest absolute Gasteiger partial charge is 0.264 e. The van der Waals surface area contributed by atoms with Crippen molar-refractivity contribution in [3.8, 4) is 0 Å². The second-order valence-corrected chi connectivity index (χ2v) is 9.71. The number of piperidine rings is 1. The fourth-order valence-corrected chi connectivity index (χ4v) is 5.03. The number of carbonyl (C=O) groups is 1. The van der Waals surface area contributed by atoms with E-state index in [1.54, 1.807) is 7.11 Å². The topological polar surface area (TPSA) is 87.7 Å². The standard InChI is InChI=1S/C25H26FN3O4S/c1-33-22-5-4-16-29(17-22)21-14-12-19(13-15-21)27-25(30)18-8-10-20(11-9-18)28-34(31,32)24-7-3-2-6-23(24)26/h2-3,6-15,22,28H,4-5,16-17H2,1H3,(H,27,30). The Morgan fingerprint density at radius 1 is 1.00 bits per heavy atom. The number of sulfonamides is 1. The maximum absolute atomic E-state index is 13.8. The highest BCUT2D eigenvalue weighted by Gasteiger charge is 2.20. The van der Waals surface area contributed by atoms with Gasteiger partial charge in [0.15, 0.2) is 0 Å². The van der Waals surface area contributed by atoms with Crippen molar-refractivity contribution in [1.29, 1.82) is 0 Å². The molecule has 0 radical (unpaired) electrons. The van der Waals surface area contributed by atoms with Gasteiger partial charge in [0.1, 0.15) is 10.7 Å². The summed E-state index contributed by atoms with van der Waals surface area (Å²) in [6, 6.07) is 18.7. The minimum absolute atomic E-state index is 0.222. The first-order valence-corrected chi connectivity index (χ1v) is 12.4. The molecule has 9 heteroatoms. The predicted molar refractivity (Wildman–Crippen MR) is 130 cm³/mol. The highest BCUT2D eigenvalue weighted by molar-refractivity contribution is 7.92. The van der Waals surface area contributed by atoms with Crippen LogP contribution in [-0.2, 0) is 14.8 Å². The van der Waals surface area contributed by atoms with Gasteiger partial charge in [0.05, 0.1) is 6.10 Å². The number of hydrogen-bond acceptors (Lipinski definition) is 5. The zero-order valence-electron chi connectivity index (χ0n) is 18.7. The molecule has 1 amide bonds. The average molecular weight is 484 g/mol. The second-order valence-electron chi connectivity index (χ2n) is 8.06. The lowest BCUT2D eigenvalue weighted by Crippen LogP contribution is -2.39. The Hall–Kier alpha value is -3.43. The minimum atomic E-state index is -4.08. The SMILES string of the molecule is COC1CCCN(c2ccc(NC(=O)c3ccc(NS(=O)(=O)c4ccccc4F)cc3)cc2)C1. The monoisotopic (exact) mass is 483 g/mol. The summed E-state index contributed by atoms with van der Waals surface area (Å²) in [5.41, 5.74) is 2.31. The molecule has 0 aromatic heterocycles. The fourth-order valence-electron chi connectivity index (χ4n) is 3.89. The lowest BCUT2D eigenvalue weighted by Gasteiger charge is -2.33. The van der Waals surface area contributed by atoms with Crippen molar-refractivity contribution in [2.24, 2.45) is 0 Å². The van der Waals surface area contributed by atoms with Gasteiger partial charge in [-0.2, -0.15) is 0 Å². The van der Waals surface area contributed by atoms with Gasteiger partial charge < -0.3 is 15.0 Å². The Balaban J connectivity index is 1.38. The zero-order chi connectivity index (χ0) is 24.1. The molecule has 7 nitrogen and oxygen atoms in total. The summed E-state index contributed by atoms with van der Waals surface area (Å²) in [7, 11) is -2.35. The Bertz CT molecular complexity index is 1250. The van der Waals surface area contributed by atoms with Crippen molar-refractivity contribution < 1.29 is 22.3 Å². The molecule has 1 saturated heterocycles. The molecule has 1 heterocycles. The molecule has 1 unspecified atom stereocenters. The number of methoxy groups -OCH3 is 1. The molecule has 3 aromatic rings. The summed E-state index contributed by atoms with van der Waals surface area (Å²) in [5, 5.41) is 2.84. The molecular formula is C25H26FN3O4S. The maximum atomic E-state index is 13.8. The van der Waals surface area contributed by atoms with Gasteiger partial charge in [0.2, 0.25) is 0 Å². The van der Waals surface area contributed by atoms with Gasteiger partial charge in [0, 0.05) is 42.8 Å². The number of nitrogens with zero attached hydrogens (tertiary/aromatic N) is 1. The number of hydrogen-bond donors (Lipinski definition) is 2. The number of halogens is 1. The molecule has 2 N–H and O–H groups in total. The van der Waals surface area contributed by atoms with Crippen molar-refractivity contribution in [3.63, 3.8) is 0 Å². The van der Waals surface area contributed by atoms with Crippen molar-refractivity contribution in [2.75, 3.05) is 35.1 Å². The van der Waals surface area contributed by atoms with E-state index < -0.39 is 20.7 Å². The molecule has 34 heavy (non-hydrogen) atoms. The fraction of sp³-hybridized carbons (Fsp3) is 0.240. The Morgan fingerprint density at radius 2 is 1.68 bits per heavy atom. The van der Waals surface area contributed by atoms with Crippen LogP contribution in [0.5, 0.6) is 0 Å². The van der Waals surface area contributed by atoms with Gasteiger partial charge in [-0.05, 0) is 73.5 Å². The third-order valence-corrected chi connectivity index (χ3v) is 7.14. The molecular weight excluding hydrogens is 457 g/mol. The van der Waals surface area contributed by atoms with Gasteiger partial charge >= 0.3 is 0 Å². The number of nitrogens with one attached hydrogen (secondary N) is 2. The van der Waals surface area contributed by atoms with Gasteiger partial charge in [-0.3, -0.25) is 9.52 Å². The predicted octanol–water partition coefficient (Wildman–Crippen LogP) is 4.49. The summed E-state index contributed by atoms with van der Waals surface area (Å²) in [6.07, 6.45) is 2.36. The molecule has 1 atom stereocenters. The van der Waals surface area contributed by atoms with E-state index in [2.05, 4.69) is 14.9 Å². The van der Waals surface area contributed by atoms with Gasteiger partial charge in [-0.25, -0.2) is 12.8 Å². The van der Waals surface area contributed by atoms with Crippen LogP contribution in [0.25, 0.3) is 0 Å². The van der Waals surface area contributed by atoms with Crippen LogP contribution < -0.4 is 14.9 Å². The zero-order valence-corrected chi connectivity index (χ0v) is 19.5. The third kappa shape index (κ3) is 5.55. The number of anilines is 3. The molecule has 1 aliphatic heterocycles. The first-order valence-electron chi connectivity index (χ1n) is 10.9. The van der Waals surface area contributed by atoms with E-state index in [1.165, 1.54) is 42.5 Å². The van der Waals surface area contributed by atoms with Crippen LogP contribution in [-0.4, -0.2) is 40.6 Å². The van der Waals surface area contributed by atoms with Crippen LogP contribution in [0.4, 0.5) is 21.5 Å². The van der Waals surface area contributed by atoms with E-state index >= 15 is 0 Å². The number of ether oxygens (including phenoxy) is 1. The summed E-state index contributed by atoms with van der Waals surface area (Å²) >= 11 is 0. The summed E-state index contributed by atoms with van der Waals surface area (Å²) < 4.78 is 46.5.